The predicted octanol–water partition coefficient (Wildman–Crippen LogP) is -0.217. The van der Waals surface area contributed by atoms with Gasteiger partial charge in [0, 0.05) is 26.1 Å². The van der Waals surface area contributed by atoms with Crippen LogP contribution in [0.3, 0.4) is 0 Å². The number of nitrogens with zero attached hydrogens (tertiary/aromatic N) is 1. The predicted molar refractivity (Wildman–Crippen MR) is 71.5 cm³/mol. The van der Waals surface area contributed by atoms with E-state index in [2.05, 4.69) is 5.32 Å². The Labute approximate surface area is 118 Å². The number of rotatable bonds is 6. The standard InChI is InChI=1S/C12H20N2O5S/c15-10(9-12(11(16)17)3-1-4-12)13-5-7-14-6-2-8-20(14,18)19/h1-9H2,(H,13,15)(H,16,17). The quantitative estimate of drug-likeness (QED) is 0.706. The molecule has 0 unspecified atom stereocenters. The molecule has 0 aromatic heterocycles. The molecule has 20 heavy (non-hydrogen) atoms. The minimum absolute atomic E-state index is 0.0188. The number of carboxylic acids is 1. The van der Waals surface area contributed by atoms with Crippen LogP contribution in [-0.2, 0) is 19.6 Å². The zero-order chi connectivity index (χ0) is 14.8. The number of aliphatic carboxylic acids is 1. The summed E-state index contributed by atoms with van der Waals surface area (Å²) in [5.41, 5.74) is -0.899. The molecule has 114 valence electrons. The number of amides is 1. The summed E-state index contributed by atoms with van der Waals surface area (Å²) >= 11 is 0. The van der Waals surface area contributed by atoms with Gasteiger partial charge in [-0.15, -0.1) is 0 Å². The average molecular weight is 304 g/mol. The van der Waals surface area contributed by atoms with E-state index >= 15 is 0 Å². The maximum absolute atomic E-state index is 11.7. The van der Waals surface area contributed by atoms with Crippen molar-refractivity contribution in [3.8, 4) is 0 Å². The van der Waals surface area contributed by atoms with Gasteiger partial charge in [0.15, 0.2) is 0 Å². The van der Waals surface area contributed by atoms with E-state index in [0.717, 1.165) is 6.42 Å². The molecule has 1 aliphatic carbocycles. The topological polar surface area (TPSA) is 104 Å². The molecule has 1 saturated carbocycles. The molecular formula is C12H20N2O5S. The molecule has 1 saturated heterocycles. The van der Waals surface area contributed by atoms with E-state index in [1.54, 1.807) is 0 Å². The number of hydrogen-bond acceptors (Lipinski definition) is 4. The Morgan fingerprint density at radius 3 is 2.40 bits per heavy atom. The van der Waals surface area contributed by atoms with Crippen molar-refractivity contribution in [1.29, 1.82) is 0 Å². The van der Waals surface area contributed by atoms with Crippen molar-refractivity contribution in [1.82, 2.24) is 9.62 Å². The molecule has 1 aliphatic heterocycles. The van der Waals surface area contributed by atoms with Gasteiger partial charge in [-0.3, -0.25) is 9.59 Å². The zero-order valence-electron chi connectivity index (χ0n) is 11.3. The Morgan fingerprint density at radius 2 is 1.95 bits per heavy atom. The second-order valence-corrected chi connectivity index (χ2v) is 7.62. The zero-order valence-corrected chi connectivity index (χ0v) is 12.1. The lowest BCUT2D eigenvalue weighted by molar-refractivity contribution is -0.157. The largest absolute Gasteiger partial charge is 0.481 e. The van der Waals surface area contributed by atoms with Gasteiger partial charge in [-0.25, -0.2) is 12.7 Å². The number of carbonyl (C=O) groups excluding carboxylic acids is 1. The average Bonchev–Trinajstić information content (AvgIpc) is 2.63. The van der Waals surface area contributed by atoms with E-state index in [1.807, 2.05) is 0 Å². The van der Waals surface area contributed by atoms with Crippen LogP contribution < -0.4 is 5.32 Å². The minimum Gasteiger partial charge on any atom is -0.481 e. The van der Waals surface area contributed by atoms with Crippen molar-refractivity contribution in [2.45, 2.75) is 32.1 Å². The summed E-state index contributed by atoms with van der Waals surface area (Å²) in [6.07, 6.45) is 2.52. The molecule has 2 aliphatic rings. The highest BCUT2D eigenvalue weighted by atomic mass is 32.2. The fourth-order valence-electron chi connectivity index (χ4n) is 2.70. The molecule has 0 aromatic rings. The lowest BCUT2D eigenvalue weighted by atomic mass is 9.66. The van der Waals surface area contributed by atoms with Gasteiger partial charge >= 0.3 is 5.97 Å². The smallest absolute Gasteiger partial charge is 0.310 e. The summed E-state index contributed by atoms with van der Waals surface area (Å²) in [4.78, 5) is 22.9. The van der Waals surface area contributed by atoms with Crippen molar-refractivity contribution in [3.63, 3.8) is 0 Å². The van der Waals surface area contributed by atoms with Crippen molar-refractivity contribution < 1.29 is 23.1 Å². The third kappa shape index (κ3) is 3.12. The summed E-state index contributed by atoms with van der Waals surface area (Å²) in [7, 11) is -3.14. The first-order chi connectivity index (χ1) is 9.36. The highest BCUT2D eigenvalue weighted by molar-refractivity contribution is 7.89. The number of hydrogen-bond donors (Lipinski definition) is 2. The molecule has 0 aromatic carbocycles. The monoisotopic (exact) mass is 304 g/mol. The molecule has 1 heterocycles. The number of nitrogens with one attached hydrogen (secondary N) is 1. The van der Waals surface area contributed by atoms with Crippen LogP contribution in [-0.4, -0.2) is 55.1 Å². The van der Waals surface area contributed by atoms with Gasteiger partial charge in [0.05, 0.1) is 11.2 Å². The fraction of sp³-hybridized carbons (Fsp3) is 0.833. The van der Waals surface area contributed by atoms with Crippen molar-refractivity contribution in [2.75, 3.05) is 25.4 Å². The first kappa shape index (κ1) is 15.2. The van der Waals surface area contributed by atoms with E-state index < -0.39 is 21.4 Å². The van der Waals surface area contributed by atoms with Crippen LogP contribution in [0, 0.1) is 5.41 Å². The van der Waals surface area contributed by atoms with Gasteiger partial charge in [0.25, 0.3) is 0 Å². The van der Waals surface area contributed by atoms with E-state index in [-0.39, 0.29) is 31.2 Å². The molecule has 8 heteroatoms. The van der Waals surface area contributed by atoms with Gasteiger partial charge in [0.1, 0.15) is 0 Å². The number of carboxylic acid groups (broad SMARTS) is 1. The van der Waals surface area contributed by atoms with Crippen molar-refractivity contribution >= 4 is 21.9 Å². The summed E-state index contributed by atoms with van der Waals surface area (Å²) in [5.74, 6) is -1.06. The van der Waals surface area contributed by atoms with Crippen LogP contribution in [0.25, 0.3) is 0 Å². The van der Waals surface area contributed by atoms with Gasteiger partial charge in [-0.05, 0) is 19.3 Å². The maximum Gasteiger partial charge on any atom is 0.310 e. The normalized spacial score (nSPS) is 24.0. The Hall–Kier alpha value is -1.15. The fourth-order valence-corrected chi connectivity index (χ4v) is 4.23. The molecule has 2 rings (SSSR count). The second-order valence-electron chi connectivity index (χ2n) is 5.53. The SMILES string of the molecule is O=C(CC1(C(=O)O)CCC1)NCCN1CCCS1(=O)=O. The van der Waals surface area contributed by atoms with Crippen LogP contribution in [0.2, 0.25) is 0 Å². The molecular weight excluding hydrogens is 284 g/mol. The maximum atomic E-state index is 11.7. The first-order valence-electron chi connectivity index (χ1n) is 6.84. The molecule has 0 radical (unpaired) electrons. The molecule has 0 atom stereocenters. The van der Waals surface area contributed by atoms with Crippen LogP contribution in [0.15, 0.2) is 0 Å². The van der Waals surface area contributed by atoms with E-state index in [9.17, 15) is 18.0 Å². The molecule has 1 amide bonds. The van der Waals surface area contributed by atoms with E-state index in [4.69, 9.17) is 5.11 Å². The Kier molecular flexibility index (Phi) is 4.33. The summed E-state index contributed by atoms with van der Waals surface area (Å²) in [6.45, 7) is 0.985. The molecule has 2 N–H and O–H groups in total. The number of sulfonamides is 1. The highest BCUT2D eigenvalue weighted by Crippen LogP contribution is 2.44. The molecule has 2 fully saturated rings. The van der Waals surface area contributed by atoms with Gasteiger partial charge in [-0.1, -0.05) is 6.42 Å². The summed E-state index contributed by atoms with van der Waals surface area (Å²) in [6, 6.07) is 0. The second kappa shape index (κ2) is 5.69. The van der Waals surface area contributed by atoms with Gasteiger partial charge in [-0.2, -0.15) is 0 Å². The van der Waals surface area contributed by atoms with E-state index in [1.165, 1.54) is 4.31 Å². The van der Waals surface area contributed by atoms with Crippen LogP contribution >= 0.6 is 0 Å². The Bertz CT molecular complexity index is 498. The van der Waals surface area contributed by atoms with E-state index in [0.29, 0.717) is 25.8 Å². The highest BCUT2D eigenvalue weighted by Gasteiger charge is 2.45. The van der Waals surface area contributed by atoms with Gasteiger partial charge in [0.2, 0.25) is 15.9 Å². The first-order valence-corrected chi connectivity index (χ1v) is 8.45. The van der Waals surface area contributed by atoms with Crippen molar-refractivity contribution in [2.24, 2.45) is 5.41 Å². The van der Waals surface area contributed by atoms with Crippen LogP contribution in [0.1, 0.15) is 32.1 Å². The number of carbonyl (C=O) groups is 2. The van der Waals surface area contributed by atoms with Gasteiger partial charge < -0.3 is 10.4 Å². The van der Waals surface area contributed by atoms with Crippen LogP contribution in [0.4, 0.5) is 0 Å². The third-order valence-corrected chi connectivity index (χ3v) is 6.11. The third-order valence-electron chi connectivity index (χ3n) is 4.15. The minimum atomic E-state index is -3.14. The summed E-state index contributed by atoms with van der Waals surface area (Å²) < 4.78 is 24.5. The lowest BCUT2D eigenvalue weighted by Gasteiger charge is -2.36. The molecule has 0 bridgehead atoms. The molecule has 0 spiro atoms. The molecule has 7 nitrogen and oxygen atoms in total. The Morgan fingerprint density at radius 1 is 1.25 bits per heavy atom. The van der Waals surface area contributed by atoms with Crippen LogP contribution in [0.5, 0.6) is 0 Å². The van der Waals surface area contributed by atoms with Crippen molar-refractivity contribution in [3.05, 3.63) is 0 Å². The Balaban J connectivity index is 1.74. The lowest BCUT2D eigenvalue weighted by Crippen LogP contribution is -2.44. The summed E-state index contributed by atoms with van der Waals surface area (Å²) in [5, 5.41) is 11.7.